The van der Waals surface area contributed by atoms with E-state index in [4.69, 9.17) is 4.99 Å². The average Bonchev–Trinajstić information content (AvgIpc) is 2.61. The largest absolute Gasteiger partial charge is 0.326 e. The third kappa shape index (κ3) is 3.06. The number of guanidine groups is 1. The van der Waals surface area contributed by atoms with E-state index in [9.17, 15) is 4.79 Å². The van der Waals surface area contributed by atoms with Crippen molar-refractivity contribution in [1.29, 1.82) is 0 Å². The second kappa shape index (κ2) is 6.44. The first kappa shape index (κ1) is 16.0. The van der Waals surface area contributed by atoms with Crippen LogP contribution in [0.15, 0.2) is 64.6 Å². The molecule has 0 saturated carbocycles. The van der Waals surface area contributed by atoms with Crippen LogP contribution in [-0.2, 0) is 0 Å². The molecule has 1 aliphatic heterocycles. The summed E-state index contributed by atoms with van der Waals surface area (Å²) in [6.07, 6.45) is 2.86. The molecule has 0 amide bonds. The molecule has 7 heteroatoms. The number of aryl methyl sites for hydroxylation is 2. The van der Waals surface area contributed by atoms with Gasteiger partial charge in [-0.15, -0.1) is 0 Å². The summed E-state index contributed by atoms with van der Waals surface area (Å²) in [6.45, 7) is 3.83. The monoisotopic (exact) mass is 346 g/mol. The van der Waals surface area contributed by atoms with Crippen molar-refractivity contribution in [2.75, 3.05) is 10.6 Å². The van der Waals surface area contributed by atoms with E-state index in [2.05, 4.69) is 20.6 Å². The number of anilines is 2. The molecule has 1 atom stereocenters. The summed E-state index contributed by atoms with van der Waals surface area (Å²) < 4.78 is 1.55. The van der Waals surface area contributed by atoms with Gasteiger partial charge in [-0.25, -0.2) is 9.98 Å². The number of benzene rings is 1. The number of hydrogen-bond donors (Lipinski definition) is 2. The highest BCUT2D eigenvalue weighted by atomic mass is 16.1. The minimum absolute atomic E-state index is 0.153. The van der Waals surface area contributed by atoms with E-state index in [1.165, 1.54) is 6.07 Å². The molecule has 0 radical (unpaired) electrons. The molecule has 1 aliphatic rings. The lowest BCUT2D eigenvalue weighted by molar-refractivity contribution is 0.576. The summed E-state index contributed by atoms with van der Waals surface area (Å²) in [5.74, 6) is 0.997. The minimum Gasteiger partial charge on any atom is -0.326 e. The highest BCUT2D eigenvalue weighted by Crippen LogP contribution is 2.25. The van der Waals surface area contributed by atoms with Crippen LogP contribution in [-0.4, -0.2) is 20.5 Å². The fourth-order valence-corrected chi connectivity index (χ4v) is 2.93. The van der Waals surface area contributed by atoms with Crippen LogP contribution in [0, 0.1) is 13.8 Å². The van der Waals surface area contributed by atoms with Gasteiger partial charge in [0.05, 0.1) is 0 Å². The number of aliphatic imine (C=N–C) groups is 1. The standard InChI is InChI=1S/C19H18N6O/c1-12-4-3-5-15(10-12)22-18-23-17(14-6-8-20-9-7-14)25-16(26)11-13(2)21-19(25)24-18/h3-11,17H,1-2H3,(H2,21,22,23,24)/t17-/m0/s1. The number of nitrogens with zero attached hydrogens (tertiary/aromatic N) is 4. The summed E-state index contributed by atoms with van der Waals surface area (Å²) in [6, 6.07) is 13.2. The van der Waals surface area contributed by atoms with E-state index in [1.807, 2.05) is 43.3 Å². The Balaban J connectivity index is 1.79. The Bertz CT molecular complexity index is 1040. The molecular weight excluding hydrogens is 328 g/mol. The average molecular weight is 346 g/mol. The molecule has 26 heavy (non-hydrogen) atoms. The SMILES string of the molecule is Cc1cccc(NC2=N[C@H](c3ccncc3)n3c(nc(C)cc3=O)N2)c1. The molecule has 130 valence electrons. The summed E-state index contributed by atoms with van der Waals surface area (Å²) in [7, 11) is 0. The van der Waals surface area contributed by atoms with Crippen LogP contribution in [0.2, 0.25) is 0 Å². The Hall–Kier alpha value is -3.48. The number of hydrogen-bond acceptors (Lipinski definition) is 6. The maximum Gasteiger partial charge on any atom is 0.257 e. The molecule has 2 aromatic heterocycles. The van der Waals surface area contributed by atoms with Crippen LogP contribution in [0.5, 0.6) is 0 Å². The first-order valence-corrected chi connectivity index (χ1v) is 8.29. The number of aromatic nitrogens is 3. The third-order valence-corrected chi connectivity index (χ3v) is 4.09. The van der Waals surface area contributed by atoms with E-state index in [0.29, 0.717) is 17.6 Å². The van der Waals surface area contributed by atoms with E-state index in [0.717, 1.165) is 16.8 Å². The lowest BCUT2D eigenvalue weighted by Gasteiger charge is -2.27. The van der Waals surface area contributed by atoms with Crippen LogP contribution in [0.3, 0.4) is 0 Å². The molecule has 3 heterocycles. The minimum atomic E-state index is -0.512. The predicted octanol–water partition coefficient (Wildman–Crippen LogP) is 2.70. The molecule has 7 nitrogen and oxygen atoms in total. The topological polar surface area (TPSA) is 84.2 Å². The lowest BCUT2D eigenvalue weighted by atomic mass is 10.2. The number of rotatable bonds is 2. The second-order valence-electron chi connectivity index (χ2n) is 6.18. The number of nitrogens with one attached hydrogen (secondary N) is 2. The second-order valence-corrected chi connectivity index (χ2v) is 6.18. The van der Waals surface area contributed by atoms with Gasteiger partial charge in [-0.3, -0.25) is 19.7 Å². The summed E-state index contributed by atoms with van der Waals surface area (Å²) in [5.41, 5.74) is 3.41. The Labute approximate surface area is 150 Å². The van der Waals surface area contributed by atoms with Crippen molar-refractivity contribution >= 4 is 17.6 Å². The van der Waals surface area contributed by atoms with Gasteiger partial charge < -0.3 is 5.32 Å². The van der Waals surface area contributed by atoms with Crippen molar-refractivity contribution in [3.05, 3.63) is 82.0 Å². The first-order valence-electron chi connectivity index (χ1n) is 8.29. The Kier molecular flexibility index (Phi) is 3.96. The Morgan fingerprint density at radius 1 is 1.12 bits per heavy atom. The molecule has 0 fully saturated rings. The van der Waals surface area contributed by atoms with Crippen molar-refractivity contribution in [2.24, 2.45) is 4.99 Å². The molecule has 0 spiro atoms. The Morgan fingerprint density at radius 2 is 1.92 bits per heavy atom. The molecule has 2 N–H and O–H groups in total. The van der Waals surface area contributed by atoms with Crippen LogP contribution in [0.25, 0.3) is 0 Å². The van der Waals surface area contributed by atoms with Gasteiger partial charge in [0.25, 0.3) is 5.56 Å². The van der Waals surface area contributed by atoms with Crippen LogP contribution < -0.4 is 16.2 Å². The van der Waals surface area contributed by atoms with Crippen molar-refractivity contribution in [3.8, 4) is 0 Å². The van der Waals surface area contributed by atoms with Gasteiger partial charge in [-0.2, -0.15) is 0 Å². The molecule has 0 saturated heterocycles. The number of fused-ring (bicyclic) bond motifs is 1. The van der Waals surface area contributed by atoms with Gasteiger partial charge in [0, 0.05) is 35.4 Å². The maximum atomic E-state index is 12.6. The highest BCUT2D eigenvalue weighted by molar-refractivity contribution is 6.03. The van der Waals surface area contributed by atoms with Gasteiger partial charge in [0.15, 0.2) is 6.17 Å². The smallest absolute Gasteiger partial charge is 0.257 e. The van der Waals surface area contributed by atoms with Crippen molar-refractivity contribution in [2.45, 2.75) is 20.0 Å². The van der Waals surface area contributed by atoms with Crippen molar-refractivity contribution in [1.82, 2.24) is 14.5 Å². The molecule has 0 unspecified atom stereocenters. The summed E-state index contributed by atoms with van der Waals surface area (Å²) >= 11 is 0. The number of pyridine rings is 1. The van der Waals surface area contributed by atoms with Gasteiger partial charge in [-0.1, -0.05) is 12.1 Å². The summed E-state index contributed by atoms with van der Waals surface area (Å²) in [4.78, 5) is 25.8. The van der Waals surface area contributed by atoms with Gasteiger partial charge in [-0.05, 0) is 43.7 Å². The molecule has 0 bridgehead atoms. The van der Waals surface area contributed by atoms with Gasteiger partial charge in [0.2, 0.25) is 11.9 Å². The maximum absolute atomic E-state index is 12.6. The van der Waals surface area contributed by atoms with Crippen molar-refractivity contribution < 1.29 is 0 Å². The van der Waals surface area contributed by atoms with E-state index < -0.39 is 6.17 Å². The van der Waals surface area contributed by atoms with E-state index in [1.54, 1.807) is 23.9 Å². The normalized spacial score (nSPS) is 15.6. The van der Waals surface area contributed by atoms with E-state index in [-0.39, 0.29) is 5.56 Å². The highest BCUT2D eigenvalue weighted by Gasteiger charge is 2.25. The van der Waals surface area contributed by atoms with E-state index >= 15 is 0 Å². The molecule has 3 aromatic rings. The zero-order valence-electron chi connectivity index (χ0n) is 14.5. The Morgan fingerprint density at radius 3 is 2.69 bits per heavy atom. The third-order valence-electron chi connectivity index (χ3n) is 4.09. The molecule has 0 aliphatic carbocycles. The quantitative estimate of drug-likeness (QED) is 0.745. The van der Waals surface area contributed by atoms with Crippen molar-refractivity contribution in [3.63, 3.8) is 0 Å². The first-order chi connectivity index (χ1) is 12.6. The molecule has 4 rings (SSSR count). The van der Waals surface area contributed by atoms with Crippen LogP contribution in [0.1, 0.15) is 23.0 Å². The summed E-state index contributed by atoms with van der Waals surface area (Å²) in [5, 5.41) is 6.39. The lowest BCUT2D eigenvalue weighted by Crippen LogP contribution is -2.37. The van der Waals surface area contributed by atoms with Crippen LogP contribution >= 0.6 is 0 Å². The predicted molar refractivity (Wildman–Crippen MR) is 101 cm³/mol. The van der Waals surface area contributed by atoms with Gasteiger partial charge in [0.1, 0.15) is 0 Å². The zero-order valence-corrected chi connectivity index (χ0v) is 14.5. The fraction of sp³-hybridized carbons (Fsp3) is 0.158. The molecule has 1 aromatic carbocycles. The van der Waals surface area contributed by atoms with Crippen LogP contribution in [0.4, 0.5) is 11.6 Å². The fourth-order valence-electron chi connectivity index (χ4n) is 2.93. The molecular formula is C19H18N6O. The van der Waals surface area contributed by atoms with Gasteiger partial charge >= 0.3 is 0 Å². The zero-order chi connectivity index (χ0) is 18.1.